The van der Waals surface area contributed by atoms with E-state index >= 15 is 0 Å². The van der Waals surface area contributed by atoms with Gasteiger partial charge < -0.3 is 14.1 Å². The Labute approximate surface area is 151 Å². The summed E-state index contributed by atoms with van der Waals surface area (Å²) in [5.74, 6) is 1.39. The van der Waals surface area contributed by atoms with Crippen LogP contribution in [0.1, 0.15) is 29.1 Å². The Bertz CT molecular complexity index is 872. The molecule has 3 rings (SSSR count). The van der Waals surface area contributed by atoms with Crippen molar-refractivity contribution in [1.82, 2.24) is 24.5 Å². The number of furan rings is 1. The third-order valence-corrected chi connectivity index (χ3v) is 4.42. The van der Waals surface area contributed by atoms with Gasteiger partial charge in [0.1, 0.15) is 12.1 Å². The fourth-order valence-electron chi connectivity index (χ4n) is 2.99. The van der Waals surface area contributed by atoms with Crippen LogP contribution in [0.2, 0.25) is 0 Å². The van der Waals surface area contributed by atoms with Crippen LogP contribution in [0.3, 0.4) is 0 Å². The Hall–Kier alpha value is -2.74. The molecule has 26 heavy (non-hydrogen) atoms. The Balaban J connectivity index is 1.71. The van der Waals surface area contributed by atoms with E-state index in [0.29, 0.717) is 38.3 Å². The van der Waals surface area contributed by atoms with Crippen molar-refractivity contribution in [3.8, 4) is 0 Å². The number of ether oxygens (including phenoxy) is 1. The van der Waals surface area contributed by atoms with E-state index in [2.05, 4.69) is 15.1 Å². The Kier molecular flexibility index (Phi) is 5.62. The molecule has 0 saturated carbocycles. The molecule has 3 heterocycles. The second kappa shape index (κ2) is 8.09. The molecule has 8 nitrogen and oxygen atoms in total. The molecule has 0 unspecified atom stereocenters. The summed E-state index contributed by atoms with van der Waals surface area (Å²) < 4.78 is 12.2. The minimum absolute atomic E-state index is 0.0518. The normalized spacial score (nSPS) is 11.2. The van der Waals surface area contributed by atoms with Gasteiger partial charge >= 0.3 is 0 Å². The smallest absolute Gasteiger partial charge is 0.252 e. The van der Waals surface area contributed by atoms with Gasteiger partial charge in [0, 0.05) is 31.5 Å². The van der Waals surface area contributed by atoms with Gasteiger partial charge in [-0.25, -0.2) is 9.50 Å². The van der Waals surface area contributed by atoms with Crippen LogP contribution in [-0.4, -0.2) is 50.7 Å². The van der Waals surface area contributed by atoms with Gasteiger partial charge in [-0.2, -0.15) is 10.1 Å². The van der Waals surface area contributed by atoms with Crippen LogP contribution >= 0.6 is 0 Å². The molecular weight excluding hydrogens is 334 g/mol. The lowest BCUT2D eigenvalue weighted by Gasteiger charge is -2.21. The van der Waals surface area contributed by atoms with E-state index in [9.17, 15) is 4.79 Å². The Morgan fingerprint density at radius 1 is 1.38 bits per heavy atom. The molecule has 0 aliphatic rings. The zero-order chi connectivity index (χ0) is 18.5. The third kappa shape index (κ3) is 3.91. The molecule has 1 amide bonds. The molecule has 0 atom stereocenters. The van der Waals surface area contributed by atoms with Crippen LogP contribution < -0.4 is 0 Å². The summed E-state index contributed by atoms with van der Waals surface area (Å²) >= 11 is 0. The minimum Gasteiger partial charge on any atom is -0.467 e. The summed E-state index contributed by atoms with van der Waals surface area (Å²) in [5.41, 5.74) is 2.87. The molecule has 138 valence electrons. The van der Waals surface area contributed by atoms with Gasteiger partial charge in [-0.05, 0) is 38.0 Å². The van der Waals surface area contributed by atoms with Crippen molar-refractivity contribution in [2.45, 2.75) is 33.2 Å². The summed E-state index contributed by atoms with van der Waals surface area (Å²) in [4.78, 5) is 23.1. The third-order valence-electron chi connectivity index (χ3n) is 4.42. The number of amides is 1. The Morgan fingerprint density at radius 3 is 2.96 bits per heavy atom. The number of aryl methyl sites for hydroxylation is 2. The van der Waals surface area contributed by atoms with Crippen molar-refractivity contribution < 1.29 is 13.9 Å². The summed E-state index contributed by atoms with van der Waals surface area (Å²) in [6.07, 6.45) is 4.08. The number of carbonyl (C=O) groups excluding carboxylic acids is 1. The summed E-state index contributed by atoms with van der Waals surface area (Å²) in [7, 11) is 1.63. The fourth-order valence-corrected chi connectivity index (χ4v) is 2.99. The maximum absolute atomic E-state index is 12.8. The van der Waals surface area contributed by atoms with Gasteiger partial charge in [-0.3, -0.25) is 4.79 Å². The maximum Gasteiger partial charge on any atom is 0.252 e. The van der Waals surface area contributed by atoms with Gasteiger partial charge in [-0.15, -0.1) is 0 Å². The van der Waals surface area contributed by atoms with E-state index in [1.165, 1.54) is 6.33 Å². The van der Waals surface area contributed by atoms with Crippen molar-refractivity contribution >= 4 is 11.7 Å². The number of nitrogens with zero attached hydrogens (tertiary/aromatic N) is 5. The van der Waals surface area contributed by atoms with Gasteiger partial charge in [0.25, 0.3) is 5.78 Å². The summed E-state index contributed by atoms with van der Waals surface area (Å²) in [6.45, 7) is 5.35. The van der Waals surface area contributed by atoms with Gasteiger partial charge in [0.2, 0.25) is 5.91 Å². The lowest BCUT2D eigenvalue weighted by molar-refractivity contribution is -0.132. The molecule has 8 heteroatoms. The largest absolute Gasteiger partial charge is 0.467 e. The zero-order valence-corrected chi connectivity index (χ0v) is 15.3. The summed E-state index contributed by atoms with van der Waals surface area (Å²) in [6, 6.07) is 3.68. The average Bonchev–Trinajstić information content (AvgIpc) is 3.29. The highest BCUT2D eigenvalue weighted by Gasteiger charge is 2.17. The topological polar surface area (TPSA) is 85.8 Å². The first-order valence-corrected chi connectivity index (χ1v) is 8.55. The van der Waals surface area contributed by atoms with Crippen molar-refractivity contribution in [2.75, 3.05) is 20.3 Å². The number of rotatable bonds is 8. The molecule has 3 aromatic rings. The van der Waals surface area contributed by atoms with E-state index in [1.54, 1.807) is 22.8 Å². The average molecular weight is 357 g/mol. The van der Waals surface area contributed by atoms with E-state index in [-0.39, 0.29) is 5.91 Å². The lowest BCUT2D eigenvalue weighted by Crippen LogP contribution is -2.33. The molecule has 0 bridgehead atoms. The first-order chi connectivity index (χ1) is 12.6. The Morgan fingerprint density at radius 2 is 2.23 bits per heavy atom. The highest BCUT2D eigenvalue weighted by Crippen LogP contribution is 2.16. The van der Waals surface area contributed by atoms with E-state index < -0.39 is 0 Å². The lowest BCUT2D eigenvalue weighted by atomic mass is 10.1. The molecule has 0 aliphatic carbocycles. The van der Waals surface area contributed by atoms with Gasteiger partial charge in [0.15, 0.2) is 0 Å². The van der Waals surface area contributed by atoms with E-state index in [1.807, 2.05) is 26.0 Å². The van der Waals surface area contributed by atoms with Crippen molar-refractivity contribution in [3.63, 3.8) is 0 Å². The molecule has 0 radical (unpaired) electrons. The van der Waals surface area contributed by atoms with Crippen LogP contribution in [0.15, 0.2) is 29.1 Å². The first kappa shape index (κ1) is 18.1. The minimum atomic E-state index is 0.0518. The molecule has 0 saturated heterocycles. The fraction of sp³-hybridized carbons (Fsp3) is 0.444. The first-order valence-electron chi connectivity index (χ1n) is 8.55. The zero-order valence-electron chi connectivity index (χ0n) is 15.3. The summed E-state index contributed by atoms with van der Waals surface area (Å²) in [5, 5.41) is 4.19. The number of methoxy groups -OCH3 is 1. The molecule has 0 spiro atoms. The highest BCUT2D eigenvalue weighted by molar-refractivity contribution is 5.76. The number of fused-ring (bicyclic) bond motifs is 1. The molecular formula is C18H23N5O3. The quantitative estimate of drug-likeness (QED) is 0.612. The molecule has 0 aromatic carbocycles. The predicted octanol–water partition coefficient (Wildman–Crippen LogP) is 1.94. The van der Waals surface area contributed by atoms with E-state index in [0.717, 1.165) is 22.7 Å². The number of carbonyl (C=O) groups is 1. The van der Waals surface area contributed by atoms with Crippen molar-refractivity contribution in [2.24, 2.45) is 0 Å². The van der Waals surface area contributed by atoms with Crippen molar-refractivity contribution in [3.05, 3.63) is 47.4 Å². The second-order valence-corrected chi connectivity index (χ2v) is 6.12. The second-order valence-electron chi connectivity index (χ2n) is 6.12. The predicted molar refractivity (Wildman–Crippen MR) is 94.6 cm³/mol. The number of hydrogen-bond acceptors (Lipinski definition) is 6. The molecule has 3 aromatic heterocycles. The maximum atomic E-state index is 12.8. The molecule has 0 aliphatic heterocycles. The standard InChI is InChI=1S/C18H23N5O3/c1-13-16(14(2)23-18(21-13)19-12-20-23)6-7-17(24)22(8-10-25-3)11-15-5-4-9-26-15/h4-5,9,12H,6-8,10-11H2,1-3H3. The number of aromatic nitrogens is 4. The SMILES string of the molecule is COCCN(Cc1ccco1)C(=O)CCc1c(C)nc2ncnn2c1C. The number of hydrogen-bond donors (Lipinski definition) is 0. The van der Waals surface area contributed by atoms with Crippen LogP contribution in [0.4, 0.5) is 0 Å². The monoisotopic (exact) mass is 357 g/mol. The van der Waals surface area contributed by atoms with Crippen molar-refractivity contribution in [1.29, 1.82) is 0 Å². The van der Waals surface area contributed by atoms with E-state index in [4.69, 9.17) is 9.15 Å². The highest BCUT2D eigenvalue weighted by atomic mass is 16.5. The van der Waals surface area contributed by atoms with Gasteiger partial charge in [0.05, 0.1) is 19.4 Å². The molecule has 0 N–H and O–H groups in total. The van der Waals surface area contributed by atoms with Crippen LogP contribution in [0.5, 0.6) is 0 Å². The van der Waals surface area contributed by atoms with Crippen LogP contribution in [0, 0.1) is 13.8 Å². The van der Waals surface area contributed by atoms with Gasteiger partial charge in [-0.1, -0.05) is 0 Å². The molecule has 0 fully saturated rings. The van der Waals surface area contributed by atoms with Crippen LogP contribution in [0.25, 0.3) is 5.78 Å². The van der Waals surface area contributed by atoms with Crippen LogP contribution in [-0.2, 0) is 22.5 Å².